The molecule has 0 radical (unpaired) electrons. The van der Waals surface area contributed by atoms with E-state index in [1.807, 2.05) is 29.2 Å². The van der Waals surface area contributed by atoms with E-state index in [1.165, 1.54) is 19.3 Å². The molecule has 1 aliphatic heterocycles. The minimum absolute atomic E-state index is 0.0676. The highest BCUT2D eigenvalue weighted by Gasteiger charge is 2.48. The predicted molar refractivity (Wildman–Crippen MR) is 111 cm³/mol. The maximum absolute atomic E-state index is 13.5. The first-order chi connectivity index (χ1) is 13.6. The summed E-state index contributed by atoms with van der Waals surface area (Å²) in [5.74, 6) is 0.289. The van der Waals surface area contributed by atoms with Gasteiger partial charge in [0.15, 0.2) is 0 Å². The van der Waals surface area contributed by atoms with Crippen LogP contribution in [0.15, 0.2) is 24.3 Å². The number of rotatable bonds is 4. The van der Waals surface area contributed by atoms with Crippen LogP contribution in [0, 0.1) is 5.92 Å². The summed E-state index contributed by atoms with van der Waals surface area (Å²) in [5.41, 5.74) is 0.661. The molecule has 1 atom stereocenters. The quantitative estimate of drug-likeness (QED) is 0.808. The molecule has 28 heavy (non-hydrogen) atoms. The van der Waals surface area contributed by atoms with Crippen LogP contribution < -0.4 is 5.32 Å². The number of halogens is 1. The van der Waals surface area contributed by atoms with Crippen molar-refractivity contribution in [1.82, 2.24) is 10.2 Å². The number of hydrogen-bond acceptors (Lipinski definition) is 2. The van der Waals surface area contributed by atoms with Gasteiger partial charge in [-0.1, -0.05) is 49.4 Å². The smallest absolute Gasteiger partial charge is 0.233 e. The molecular weight excluding hydrogens is 372 g/mol. The number of amides is 2. The van der Waals surface area contributed by atoms with Gasteiger partial charge in [-0.25, -0.2) is 0 Å². The highest BCUT2D eigenvalue weighted by molar-refractivity contribution is 6.30. The zero-order valence-electron chi connectivity index (χ0n) is 16.6. The lowest BCUT2D eigenvalue weighted by atomic mass is 9.63. The van der Waals surface area contributed by atoms with Crippen molar-refractivity contribution in [2.24, 2.45) is 5.92 Å². The Morgan fingerprint density at radius 2 is 1.68 bits per heavy atom. The summed E-state index contributed by atoms with van der Waals surface area (Å²) in [7, 11) is 0. The fraction of sp³-hybridized carbons (Fsp3) is 0.652. The number of nitrogens with zero attached hydrogens (tertiary/aromatic N) is 1. The van der Waals surface area contributed by atoms with Crippen molar-refractivity contribution < 1.29 is 9.59 Å². The molecule has 1 N–H and O–H groups in total. The second kappa shape index (κ2) is 8.44. The Hall–Kier alpha value is -1.55. The Bertz CT molecular complexity index is 708. The first kappa shape index (κ1) is 19.8. The van der Waals surface area contributed by atoms with Crippen molar-refractivity contribution in [1.29, 1.82) is 0 Å². The third-order valence-electron chi connectivity index (χ3n) is 7.04. The average Bonchev–Trinajstić information content (AvgIpc) is 2.69. The molecule has 0 bridgehead atoms. The summed E-state index contributed by atoms with van der Waals surface area (Å²) >= 11 is 6.05. The van der Waals surface area contributed by atoms with Crippen molar-refractivity contribution in [3.63, 3.8) is 0 Å². The summed E-state index contributed by atoms with van der Waals surface area (Å²) in [5, 5.41) is 3.96. The van der Waals surface area contributed by atoms with Gasteiger partial charge in [0.2, 0.25) is 11.8 Å². The molecule has 1 saturated heterocycles. The van der Waals surface area contributed by atoms with Gasteiger partial charge in [0.25, 0.3) is 0 Å². The number of hydrogen-bond donors (Lipinski definition) is 1. The standard InChI is InChI=1S/C23H31ClN2O2/c24-19-11-9-18(10-12-19)23(13-5-14-23)22(28)26-15-4-6-17(16-26)21(27)25-20-7-2-1-3-8-20/h9-12,17,20H,1-8,13-16H2,(H,25,27). The molecular formula is C23H31ClN2O2. The molecule has 2 amide bonds. The molecule has 2 saturated carbocycles. The molecule has 1 heterocycles. The Balaban J connectivity index is 1.42. The molecule has 1 aromatic carbocycles. The fourth-order valence-electron chi connectivity index (χ4n) is 5.17. The number of carbonyl (C=O) groups is 2. The monoisotopic (exact) mass is 402 g/mol. The van der Waals surface area contributed by atoms with E-state index in [1.54, 1.807) is 0 Å². The first-order valence-corrected chi connectivity index (χ1v) is 11.3. The number of nitrogens with one attached hydrogen (secondary N) is 1. The van der Waals surface area contributed by atoms with Crippen LogP contribution in [0.25, 0.3) is 0 Å². The Morgan fingerprint density at radius 1 is 0.964 bits per heavy atom. The highest BCUT2D eigenvalue weighted by atomic mass is 35.5. The van der Waals surface area contributed by atoms with Gasteiger partial charge in [0.1, 0.15) is 0 Å². The molecule has 0 aromatic heterocycles. The van der Waals surface area contributed by atoms with Crippen LogP contribution in [0.2, 0.25) is 5.02 Å². The molecule has 4 nitrogen and oxygen atoms in total. The Morgan fingerprint density at radius 3 is 2.32 bits per heavy atom. The average molecular weight is 403 g/mol. The SMILES string of the molecule is O=C(NC1CCCCC1)C1CCCN(C(=O)C2(c3ccc(Cl)cc3)CCC2)C1. The summed E-state index contributed by atoms with van der Waals surface area (Å²) in [6, 6.07) is 8.08. The number of piperidine rings is 1. The lowest BCUT2D eigenvalue weighted by Gasteiger charge is -2.46. The molecule has 1 unspecified atom stereocenters. The van der Waals surface area contributed by atoms with E-state index in [4.69, 9.17) is 11.6 Å². The van der Waals surface area contributed by atoms with E-state index in [-0.39, 0.29) is 17.7 Å². The van der Waals surface area contributed by atoms with E-state index < -0.39 is 5.41 Å². The van der Waals surface area contributed by atoms with E-state index in [0.717, 1.165) is 57.1 Å². The van der Waals surface area contributed by atoms with Gasteiger partial charge >= 0.3 is 0 Å². The van der Waals surface area contributed by atoms with Crippen molar-refractivity contribution in [3.8, 4) is 0 Å². The minimum atomic E-state index is -0.410. The predicted octanol–water partition coefficient (Wildman–Crippen LogP) is 4.45. The van der Waals surface area contributed by atoms with Gasteiger partial charge in [-0.2, -0.15) is 0 Å². The normalized spacial score (nSPS) is 25.0. The van der Waals surface area contributed by atoms with Gasteiger partial charge in [0, 0.05) is 24.2 Å². The number of benzene rings is 1. The molecule has 0 spiro atoms. The molecule has 152 valence electrons. The summed E-state index contributed by atoms with van der Waals surface area (Å²) in [6.07, 6.45) is 10.6. The van der Waals surface area contributed by atoms with Gasteiger partial charge in [-0.05, 0) is 56.2 Å². The van der Waals surface area contributed by atoms with E-state index in [2.05, 4.69) is 5.32 Å². The van der Waals surface area contributed by atoms with Crippen molar-refractivity contribution >= 4 is 23.4 Å². The zero-order chi connectivity index (χ0) is 19.6. The van der Waals surface area contributed by atoms with Crippen LogP contribution in [-0.4, -0.2) is 35.8 Å². The molecule has 3 aliphatic rings. The molecule has 1 aromatic rings. The van der Waals surface area contributed by atoms with E-state index in [0.29, 0.717) is 17.6 Å². The molecule has 4 rings (SSSR count). The summed E-state index contributed by atoms with van der Waals surface area (Å²) < 4.78 is 0. The topological polar surface area (TPSA) is 49.4 Å². The highest BCUT2D eigenvalue weighted by Crippen LogP contribution is 2.46. The van der Waals surface area contributed by atoms with Crippen LogP contribution >= 0.6 is 11.6 Å². The largest absolute Gasteiger partial charge is 0.353 e. The first-order valence-electron chi connectivity index (χ1n) is 10.9. The van der Waals surface area contributed by atoms with Gasteiger partial charge in [0.05, 0.1) is 11.3 Å². The van der Waals surface area contributed by atoms with Crippen molar-refractivity contribution in [3.05, 3.63) is 34.9 Å². The molecule has 3 fully saturated rings. The summed E-state index contributed by atoms with van der Waals surface area (Å²) in [6.45, 7) is 1.33. The van der Waals surface area contributed by atoms with Crippen LogP contribution in [-0.2, 0) is 15.0 Å². The maximum atomic E-state index is 13.5. The fourth-order valence-corrected chi connectivity index (χ4v) is 5.30. The van der Waals surface area contributed by atoms with Crippen molar-refractivity contribution in [2.75, 3.05) is 13.1 Å². The third kappa shape index (κ3) is 3.94. The van der Waals surface area contributed by atoms with Crippen LogP contribution in [0.3, 0.4) is 0 Å². The second-order valence-corrected chi connectivity index (χ2v) is 9.31. The zero-order valence-corrected chi connectivity index (χ0v) is 17.3. The van der Waals surface area contributed by atoms with E-state index in [9.17, 15) is 9.59 Å². The summed E-state index contributed by atoms with van der Waals surface area (Å²) in [4.78, 5) is 28.3. The second-order valence-electron chi connectivity index (χ2n) is 8.88. The molecule has 2 aliphatic carbocycles. The Labute approximate surface area is 173 Å². The lowest BCUT2D eigenvalue weighted by Crippen LogP contribution is -2.55. The number of carbonyl (C=O) groups excluding carboxylic acids is 2. The molecule has 5 heteroatoms. The van der Waals surface area contributed by atoms with Gasteiger partial charge in [-0.15, -0.1) is 0 Å². The van der Waals surface area contributed by atoms with Gasteiger partial charge < -0.3 is 10.2 Å². The van der Waals surface area contributed by atoms with Crippen LogP contribution in [0.5, 0.6) is 0 Å². The third-order valence-corrected chi connectivity index (χ3v) is 7.30. The van der Waals surface area contributed by atoms with E-state index >= 15 is 0 Å². The Kier molecular flexibility index (Phi) is 5.96. The van der Waals surface area contributed by atoms with Crippen LogP contribution in [0.1, 0.15) is 69.8 Å². The number of likely N-dealkylation sites (tertiary alicyclic amines) is 1. The maximum Gasteiger partial charge on any atom is 0.233 e. The van der Waals surface area contributed by atoms with Crippen LogP contribution in [0.4, 0.5) is 0 Å². The van der Waals surface area contributed by atoms with Crippen molar-refractivity contribution in [2.45, 2.75) is 75.7 Å². The lowest BCUT2D eigenvalue weighted by molar-refractivity contribution is -0.144. The minimum Gasteiger partial charge on any atom is -0.353 e. The van der Waals surface area contributed by atoms with Gasteiger partial charge in [-0.3, -0.25) is 9.59 Å².